The van der Waals surface area contributed by atoms with Gasteiger partial charge in [0, 0.05) is 33.6 Å². The largest absolute Gasteiger partial charge is 0 e. The van der Waals surface area contributed by atoms with E-state index in [1.807, 2.05) is 0 Å². The van der Waals surface area contributed by atoms with Gasteiger partial charge in [-0.1, -0.05) is 51.7 Å². The third-order valence-electron chi connectivity index (χ3n) is 2.89. The smallest absolute Gasteiger partial charge is 0 e. The van der Waals surface area contributed by atoms with Crippen molar-refractivity contribution in [2.45, 2.75) is 71.0 Å². The van der Waals surface area contributed by atoms with Crippen molar-refractivity contribution in [3.8, 4) is 0 Å². The Hall–Kier alpha value is -1.11. The molecule has 168 valence electrons. The van der Waals surface area contributed by atoms with Crippen LogP contribution in [-0.2, 0) is 66.2 Å². The predicted octanol–water partition coefficient (Wildman–Crippen LogP) is 4.01. The van der Waals surface area contributed by atoms with Crippen LogP contribution in [0.15, 0.2) is 12.2 Å². The molecule has 1 heterocycles. The number of ether oxygens (including phenoxy) is 1. The first-order valence-electron chi connectivity index (χ1n) is 7.89. The second-order valence-corrected chi connectivity index (χ2v) is 4.37. The summed E-state index contributed by atoms with van der Waals surface area (Å²) in [6.07, 6.45) is 19.3. The van der Waals surface area contributed by atoms with Crippen molar-refractivity contribution in [3.05, 3.63) is 64.2 Å². The number of unbranched alkanes of at least 4 members (excludes halogenated alkanes) is 3. The van der Waals surface area contributed by atoms with E-state index in [1.54, 1.807) is 0 Å². The Bertz CT molecular complexity index is 403. The molecule has 0 amide bonds. The summed E-state index contributed by atoms with van der Waals surface area (Å²) >= 11 is 0. The molecule has 1 aliphatic rings. The van der Waals surface area contributed by atoms with E-state index in [1.165, 1.54) is 25.7 Å². The van der Waals surface area contributed by atoms with Crippen LogP contribution in [0.4, 0.5) is 0 Å². The van der Waals surface area contributed by atoms with Crippen molar-refractivity contribution < 1.29 is 66.2 Å². The van der Waals surface area contributed by atoms with Crippen LogP contribution < -0.4 is 0 Å². The van der Waals surface area contributed by atoms with Crippen molar-refractivity contribution in [2.24, 2.45) is 0 Å². The van der Waals surface area contributed by atoms with Crippen molar-refractivity contribution >= 4 is 0 Å². The molecule has 0 fully saturated rings. The molecule has 1 aliphatic heterocycles. The SMILES string of the molecule is CCCCCC[C@H]1/C=C\C[C]=[C][C@@H](CC)O1.[C-]#[O+].[C-]#[O+].[C-]#[O+].[C-]#[O+].[C-]#[O+].[C-]#[O+].[Co].[Co]. The monoisotopic (exact) mass is 506 g/mol. The molecule has 0 saturated heterocycles. The molecule has 7 nitrogen and oxygen atoms in total. The fourth-order valence-electron chi connectivity index (χ4n) is 1.88. The zero-order valence-electron chi connectivity index (χ0n) is 16.8. The molecule has 0 aromatic carbocycles. The maximum Gasteiger partial charge on any atom is 0 e. The summed E-state index contributed by atoms with van der Waals surface area (Å²) < 4.78 is 51.0. The fourth-order valence-corrected chi connectivity index (χ4v) is 1.88. The van der Waals surface area contributed by atoms with E-state index >= 15 is 0 Å². The molecular formula is C21H24Co2O7. The molecule has 0 saturated carbocycles. The number of hydrogen-bond acceptors (Lipinski definition) is 1. The summed E-state index contributed by atoms with van der Waals surface area (Å²) in [5.41, 5.74) is 0. The maximum absolute atomic E-state index is 7.50. The van der Waals surface area contributed by atoms with Gasteiger partial charge in [-0.05, 0) is 31.4 Å². The number of hydrogen-bond donors (Lipinski definition) is 0. The van der Waals surface area contributed by atoms with Crippen LogP contribution in [0, 0.1) is 52.1 Å². The van der Waals surface area contributed by atoms with Gasteiger partial charge in [-0.25, -0.2) is 0 Å². The molecule has 0 aliphatic carbocycles. The van der Waals surface area contributed by atoms with E-state index in [0.29, 0.717) is 0 Å². The van der Waals surface area contributed by atoms with Crippen molar-refractivity contribution in [1.82, 2.24) is 0 Å². The standard InChI is InChI=1S/C15H24O.6CO.2Co/c1-3-5-6-8-12-15-13-10-7-9-11-14(4-2)16-15;6*1-2;;/h10,13-15H,3-8,12H2,1-2H3;;;;;;;;/b11-9?,13-10-;;;;;;;;/t14-,15+;;;;;;;;/m1......../s1. The van der Waals surface area contributed by atoms with Gasteiger partial charge in [-0.2, -0.15) is 0 Å². The summed E-state index contributed by atoms with van der Waals surface area (Å²) in [6.45, 7) is 31.4. The minimum Gasteiger partial charge on any atom is 0 e. The van der Waals surface area contributed by atoms with Crippen LogP contribution in [-0.4, -0.2) is 12.2 Å². The van der Waals surface area contributed by atoms with Crippen molar-refractivity contribution in [1.29, 1.82) is 0 Å². The van der Waals surface area contributed by atoms with Gasteiger partial charge in [0.05, 0.1) is 12.2 Å². The maximum atomic E-state index is 7.50. The first-order chi connectivity index (χ1) is 13.9. The average Bonchev–Trinajstić information content (AvgIpc) is 2.81. The van der Waals surface area contributed by atoms with Gasteiger partial charge in [0.25, 0.3) is 0 Å². The Morgan fingerprint density at radius 1 is 0.800 bits per heavy atom. The van der Waals surface area contributed by atoms with E-state index in [-0.39, 0.29) is 45.8 Å². The summed E-state index contributed by atoms with van der Waals surface area (Å²) in [5, 5.41) is 0. The van der Waals surface area contributed by atoms with E-state index in [0.717, 1.165) is 19.3 Å². The Balaban J connectivity index is -0.0000000498. The number of rotatable bonds is 6. The Morgan fingerprint density at radius 2 is 1.27 bits per heavy atom. The van der Waals surface area contributed by atoms with Crippen LogP contribution in [0.1, 0.15) is 58.8 Å². The summed E-state index contributed by atoms with van der Waals surface area (Å²) in [5.74, 6) is 0. The van der Waals surface area contributed by atoms with E-state index in [2.05, 4.69) is 78.1 Å². The molecule has 2 atom stereocenters. The topological polar surface area (TPSA) is 129 Å². The van der Waals surface area contributed by atoms with Gasteiger partial charge in [0.15, 0.2) is 0 Å². The zero-order valence-corrected chi connectivity index (χ0v) is 18.9. The molecule has 1 rings (SSSR count). The fraction of sp³-hybridized carbons (Fsp3) is 0.524. The second kappa shape index (κ2) is 70.7. The van der Waals surface area contributed by atoms with E-state index in [9.17, 15) is 0 Å². The van der Waals surface area contributed by atoms with Gasteiger partial charge in [0.1, 0.15) is 0 Å². The Morgan fingerprint density at radius 3 is 1.67 bits per heavy atom. The van der Waals surface area contributed by atoms with Crippen LogP contribution in [0.25, 0.3) is 0 Å². The summed E-state index contributed by atoms with van der Waals surface area (Å²) in [4.78, 5) is 0. The number of allylic oxidation sites excluding steroid dienone is 2. The minimum absolute atomic E-state index is 0. The molecule has 9 heteroatoms. The molecule has 0 spiro atoms. The van der Waals surface area contributed by atoms with Gasteiger partial charge in [0.2, 0.25) is 0 Å². The summed E-state index contributed by atoms with van der Waals surface area (Å²) in [7, 11) is 0. The Labute approximate surface area is 201 Å². The van der Waals surface area contributed by atoms with Gasteiger partial charge in [-0.15, -0.1) is 0 Å². The average molecular weight is 506 g/mol. The minimum atomic E-state index is 0. The predicted molar refractivity (Wildman–Crippen MR) is 91.5 cm³/mol. The van der Waals surface area contributed by atoms with Crippen LogP contribution in [0.2, 0.25) is 0 Å². The molecule has 0 unspecified atom stereocenters. The third-order valence-corrected chi connectivity index (χ3v) is 2.89. The Kier molecular flexibility index (Phi) is 121. The molecular weight excluding hydrogens is 482 g/mol. The van der Waals surface area contributed by atoms with E-state index in [4.69, 9.17) is 32.6 Å². The first kappa shape index (κ1) is 51.5. The molecule has 0 aromatic rings. The zero-order chi connectivity index (χ0) is 23.6. The van der Waals surface area contributed by atoms with Crippen molar-refractivity contribution in [2.75, 3.05) is 0 Å². The van der Waals surface area contributed by atoms with Gasteiger partial charge < -0.3 is 4.74 Å². The van der Waals surface area contributed by atoms with Crippen LogP contribution >= 0.6 is 0 Å². The summed E-state index contributed by atoms with van der Waals surface area (Å²) in [6, 6.07) is 0. The van der Waals surface area contributed by atoms with Crippen LogP contribution in [0.3, 0.4) is 0 Å². The third kappa shape index (κ3) is 50.5. The molecule has 30 heavy (non-hydrogen) atoms. The quantitative estimate of drug-likeness (QED) is 0.229. The van der Waals surface area contributed by atoms with Gasteiger partial charge in [-0.3, -0.25) is 0 Å². The molecule has 0 bridgehead atoms. The normalized spacial score (nSPS) is 15.0. The van der Waals surface area contributed by atoms with Crippen molar-refractivity contribution in [3.63, 3.8) is 0 Å². The molecule has 0 aromatic heterocycles. The van der Waals surface area contributed by atoms with E-state index < -0.39 is 0 Å². The van der Waals surface area contributed by atoms with Gasteiger partial charge >= 0.3 is 67.8 Å². The molecule has 0 N–H and O–H groups in total. The first-order valence-corrected chi connectivity index (χ1v) is 7.89. The molecule has 4 radical (unpaired) electrons. The van der Waals surface area contributed by atoms with Crippen LogP contribution in [0.5, 0.6) is 0 Å². The second-order valence-electron chi connectivity index (χ2n) is 4.37.